The Bertz CT molecular complexity index is 747. The Morgan fingerprint density at radius 3 is 2.62 bits per heavy atom. The van der Waals surface area contributed by atoms with Gasteiger partial charge in [-0.3, -0.25) is 4.99 Å². The smallest absolute Gasteiger partial charge is 0.387 e. The highest BCUT2D eigenvalue weighted by Gasteiger charge is 2.11. The quantitative estimate of drug-likeness (QED) is 0.560. The second-order valence-corrected chi connectivity index (χ2v) is 6.99. The number of guanidine groups is 1. The van der Waals surface area contributed by atoms with Gasteiger partial charge in [-0.05, 0) is 13.0 Å². The molecular formula is C18H24F2N4OS. The molecule has 0 bridgehead atoms. The molecule has 1 heterocycles. The van der Waals surface area contributed by atoms with Gasteiger partial charge in [0.2, 0.25) is 0 Å². The number of hydrogen-bond acceptors (Lipinski definition) is 4. The zero-order valence-electron chi connectivity index (χ0n) is 15.3. The number of benzene rings is 1. The maximum atomic E-state index is 12.5. The summed E-state index contributed by atoms with van der Waals surface area (Å²) in [5, 5.41) is 9.41. The van der Waals surface area contributed by atoms with Gasteiger partial charge in [0.15, 0.2) is 5.96 Å². The van der Waals surface area contributed by atoms with Gasteiger partial charge in [-0.1, -0.05) is 31.5 Å². The van der Waals surface area contributed by atoms with E-state index >= 15 is 0 Å². The molecule has 0 amide bonds. The minimum Gasteiger partial charge on any atom is -0.434 e. The molecule has 0 atom stereocenters. The predicted octanol–water partition coefficient (Wildman–Crippen LogP) is 4.04. The Balaban J connectivity index is 1.95. The van der Waals surface area contributed by atoms with Crippen LogP contribution in [0.4, 0.5) is 8.78 Å². The number of hydrogen-bond donors (Lipinski definition) is 2. The molecule has 0 saturated carbocycles. The van der Waals surface area contributed by atoms with E-state index in [1.807, 2.05) is 18.4 Å². The lowest BCUT2D eigenvalue weighted by atomic mass is 10.1. The maximum Gasteiger partial charge on any atom is 0.387 e. The first-order chi connectivity index (χ1) is 12.4. The minimum absolute atomic E-state index is 0.162. The fraction of sp³-hybridized carbons (Fsp3) is 0.444. The molecule has 2 aromatic rings. The number of halogens is 2. The number of aliphatic imine (C=N–C) groups is 1. The van der Waals surface area contributed by atoms with Crippen molar-refractivity contribution in [2.24, 2.45) is 4.99 Å². The van der Waals surface area contributed by atoms with E-state index in [-0.39, 0.29) is 5.75 Å². The van der Waals surface area contributed by atoms with Gasteiger partial charge >= 0.3 is 6.61 Å². The third-order valence-electron chi connectivity index (χ3n) is 3.60. The number of aryl methyl sites for hydroxylation is 1. The van der Waals surface area contributed by atoms with Crippen molar-refractivity contribution in [2.45, 2.75) is 46.4 Å². The Hall–Kier alpha value is -2.22. The molecule has 0 aliphatic carbocycles. The van der Waals surface area contributed by atoms with E-state index in [0.29, 0.717) is 30.5 Å². The summed E-state index contributed by atoms with van der Waals surface area (Å²) in [6, 6.07) is 5.10. The summed E-state index contributed by atoms with van der Waals surface area (Å²) in [5.41, 5.74) is 2.55. The van der Waals surface area contributed by atoms with Gasteiger partial charge in [0.05, 0.1) is 17.2 Å². The van der Waals surface area contributed by atoms with E-state index in [0.717, 1.165) is 16.3 Å². The van der Waals surface area contributed by atoms with Crippen LogP contribution in [0.5, 0.6) is 5.75 Å². The highest BCUT2D eigenvalue weighted by molar-refractivity contribution is 7.09. The van der Waals surface area contributed by atoms with Crippen LogP contribution < -0.4 is 15.4 Å². The van der Waals surface area contributed by atoms with E-state index in [2.05, 4.69) is 39.2 Å². The molecule has 0 fully saturated rings. The minimum atomic E-state index is -2.85. The van der Waals surface area contributed by atoms with Crippen LogP contribution in [-0.4, -0.2) is 24.6 Å². The molecule has 0 radical (unpaired) electrons. The molecule has 142 valence electrons. The molecule has 5 nitrogen and oxygen atoms in total. The molecular weight excluding hydrogens is 358 g/mol. The molecule has 26 heavy (non-hydrogen) atoms. The third-order valence-corrected chi connectivity index (χ3v) is 4.80. The fourth-order valence-corrected chi connectivity index (χ4v) is 3.14. The largest absolute Gasteiger partial charge is 0.434 e. The Morgan fingerprint density at radius 1 is 1.27 bits per heavy atom. The number of alkyl halides is 2. The van der Waals surface area contributed by atoms with Crippen molar-refractivity contribution in [3.05, 3.63) is 45.4 Å². The van der Waals surface area contributed by atoms with Crippen molar-refractivity contribution in [1.29, 1.82) is 0 Å². The molecule has 2 N–H and O–H groups in total. The summed E-state index contributed by atoms with van der Waals surface area (Å²) >= 11 is 1.64. The first-order valence-corrected chi connectivity index (χ1v) is 9.20. The molecule has 0 aliphatic heterocycles. The molecule has 0 spiro atoms. The van der Waals surface area contributed by atoms with Crippen molar-refractivity contribution < 1.29 is 13.5 Å². The second-order valence-electron chi connectivity index (χ2n) is 6.10. The van der Waals surface area contributed by atoms with Crippen LogP contribution in [0.3, 0.4) is 0 Å². The van der Waals surface area contributed by atoms with Crippen LogP contribution in [-0.2, 0) is 13.1 Å². The SMILES string of the molecule is CN=C(NCc1csc(C(C)C)n1)NCc1cc(C)ccc1OC(F)F. The fourth-order valence-electron chi connectivity index (χ4n) is 2.30. The molecule has 2 rings (SSSR count). The van der Waals surface area contributed by atoms with Gasteiger partial charge in [0, 0.05) is 30.5 Å². The lowest BCUT2D eigenvalue weighted by molar-refractivity contribution is -0.0504. The lowest BCUT2D eigenvalue weighted by Gasteiger charge is -2.15. The Labute approximate surface area is 156 Å². The van der Waals surface area contributed by atoms with Crippen LogP contribution in [0.2, 0.25) is 0 Å². The zero-order chi connectivity index (χ0) is 19.1. The average Bonchev–Trinajstić information content (AvgIpc) is 3.06. The van der Waals surface area contributed by atoms with Crippen LogP contribution in [0.1, 0.15) is 41.6 Å². The van der Waals surface area contributed by atoms with E-state index < -0.39 is 6.61 Å². The second kappa shape index (κ2) is 9.47. The van der Waals surface area contributed by atoms with Crippen LogP contribution in [0, 0.1) is 6.92 Å². The summed E-state index contributed by atoms with van der Waals surface area (Å²) in [4.78, 5) is 8.72. The summed E-state index contributed by atoms with van der Waals surface area (Å²) in [7, 11) is 1.66. The molecule has 1 aromatic carbocycles. The summed E-state index contributed by atoms with van der Waals surface area (Å²) < 4.78 is 29.7. The van der Waals surface area contributed by atoms with Gasteiger partial charge < -0.3 is 15.4 Å². The number of nitrogens with zero attached hydrogens (tertiary/aromatic N) is 2. The van der Waals surface area contributed by atoms with Gasteiger partial charge in [0.1, 0.15) is 5.75 Å². The third kappa shape index (κ3) is 5.94. The van der Waals surface area contributed by atoms with Crippen molar-refractivity contribution >= 4 is 17.3 Å². The topological polar surface area (TPSA) is 58.5 Å². The van der Waals surface area contributed by atoms with Gasteiger partial charge in [-0.2, -0.15) is 8.78 Å². The predicted molar refractivity (Wildman–Crippen MR) is 101 cm³/mol. The van der Waals surface area contributed by atoms with Crippen molar-refractivity contribution in [1.82, 2.24) is 15.6 Å². The monoisotopic (exact) mass is 382 g/mol. The van der Waals surface area contributed by atoms with E-state index in [1.165, 1.54) is 0 Å². The van der Waals surface area contributed by atoms with Crippen molar-refractivity contribution in [3.8, 4) is 5.75 Å². The standard InChI is InChI=1S/C18H24F2N4OS/c1-11(2)16-24-14(10-26-16)9-23-18(21-4)22-8-13-7-12(3)5-6-15(13)25-17(19)20/h5-7,10-11,17H,8-9H2,1-4H3,(H2,21,22,23). The highest BCUT2D eigenvalue weighted by atomic mass is 32.1. The molecule has 0 aliphatic rings. The highest BCUT2D eigenvalue weighted by Crippen LogP contribution is 2.22. The summed E-state index contributed by atoms with van der Waals surface area (Å²) in [6.45, 7) is 4.12. The van der Waals surface area contributed by atoms with E-state index in [1.54, 1.807) is 30.5 Å². The van der Waals surface area contributed by atoms with Gasteiger partial charge in [0.25, 0.3) is 0 Å². The first-order valence-electron chi connectivity index (χ1n) is 8.32. The van der Waals surface area contributed by atoms with E-state index in [9.17, 15) is 8.78 Å². The average molecular weight is 382 g/mol. The lowest BCUT2D eigenvalue weighted by Crippen LogP contribution is -2.36. The Morgan fingerprint density at radius 2 is 2.00 bits per heavy atom. The molecule has 8 heteroatoms. The molecule has 0 unspecified atom stereocenters. The van der Waals surface area contributed by atoms with Crippen molar-refractivity contribution in [3.63, 3.8) is 0 Å². The van der Waals surface area contributed by atoms with Crippen molar-refractivity contribution in [2.75, 3.05) is 7.05 Å². The Kier molecular flexibility index (Phi) is 7.32. The molecule has 1 aromatic heterocycles. The van der Waals surface area contributed by atoms with E-state index in [4.69, 9.17) is 0 Å². The van der Waals surface area contributed by atoms with Crippen LogP contribution >= 0.6 is 11.3 Å². The number of ether oxygens (including phenoxy) is 1. The normalized spacial score (nSPS) is 11.9. The maximum absolute atomic E-state index is 12.5. The van der Waals surface area contributed by atoms with Crippen LogP contribution in [0.15, 0.2) is 28.6 Å². The number of thiazole rings is 1. The number of rotatable bonds is 7. The number of aromatic nitrogens is 1. The summed E-state index contributed by atoms with van der Waals surface area (Å²) in [5.74, 6) is 1.13. The van der Waals surface area contributed by atoms with Gasteiger partial charge in [-0.25, -0.2) is 4.98 Å². The van der Waals surface area contributed by atoms with Crippen LogP contribution in [0.25, 0.3) is 0 Å². The summed E-state index contributed by atoms with van der Waals surface area (Å²) in [6.07, 6.45) is 0. The number of nitrogens with one attached hydrogen (secondary N) is 2. The molecule has 0 saturated heterocycles. The van der Waals surface area contributed by atoms with Gasteiger partial charge in [-0.15, -0.1) is 11.3 Å². The zero-order valence-corrected chi connectivity index (χ0v) is 16.2. The first kappa shape index (κ1) is 20.1.